The van der Waals surface area contributed by atoms with E-state index in [-0.39, 0.29) is 18.7 Å². The molecule has 0 aromatic heterocycles. The Labute approximate surface area is 89.4 Å². The van der Waals surface area contributed by atoms with Gasteiger partial charge < -0.3 is 15.3 Å². The first-order valence-corrected chi connectivity index (χ1v) is 5.28. The Hall–Kier alpha value is -1.10. The SMILES string of the molecule is CN1CCCC1CNC(=O)CCC(=O)O. The van der Waals surface area contributed by atoms with Gasteiger partial charge in [-0.1, -0.05) is 0 Å². The molecule has 5 nitrogen and oxygen atoms in total. The van der Waals surface area contributed by atoms with Crippen molar-refractivity contribution in [2.24, 2.45) is 0 Å². The number of likely N-dealkylation sites (N-methyl/N-ethyl adjacent to an activating group) is 1. The molecule has 1 aliphatic rings. The van der Waals surface area contributed by atoms with Crippen molar-refractivity contribution in [2.75, 3.05) is 20.1 Å². The number of hydrogen-bond donors (Lipinski definition) is 2. The van der Waals surface area contributed by atoms with E-state index in [0.717, 1.165) is 13.0 Å². The average molecular weight is 214 g/mol. The summed E-state index contributed by atoms with van der Waals surface area (Å²) >= 11 is 0. The Morgan fingerprint density at radius 1 is 1.47 bits per heavy atom. The van der Waals surface area contributed by atoms with Crippen LogP contribution in [0.5, 0.6) is 0 Å². The molecule has 1 saturated heterocycles. The van der Waals surface area contributed by atoms with Gasteiger partial charge in [-0.05, 0) is 26.4 Å². The van der Waals surface area contributed by atoms with Gasteiger partial charge in [0.25, 0.3) is 0 Å². The highest BCUT2D eigenvalue weighted by molar-refractivity contribution is 5.80. The van der Waals surface area contributed by atoms with Crippen molar-refractivity contribution >= 4 is 11.9 Å². The number of carbonyl (C=O) groups is 2. The molecule has 0 bridgehead atoms. The van der Waals surface area contributed by atoms with Crippen molar-refractivity contribution in [3.8, 4) is 0 Å². The first kappa shape index (κ1) is 12.0. The van der Waals surface area contributed by atoms with Gasteiger partial charge in [-0.2, -0.15) is 0 Å². The first-order valence-electron chi connectivity index (χ1n) is 5.28. The summed E-state index contributed by atoms with van der Waals surface area (Å²) in [7, 11) is 2.04. The van der Waals surface area contributed by atoms with Gasteiger partial charge in [0.05, 0.1) is 6.42 Å². The van der Waals surface area contributed by atoms with Crippen LogP contribution in [0.3, 0.4) is 0 Å². The molecule has 1 heterocycles. The third-order valence-corrected chi connectivity index (χ3v) is 2.77. The maximum atomic E-state index is 11.2. The Bertz CT molecular complexity index is 243. The third kappa shape index (κ3) is 4.29. The number of amides is 1. The Morgan fingerprint density at radius 2 is 2.20 bits per heavy atom. The molecule has 86 valence electrons. The third-order valence-electron chi connectivity index (χ3n) is 2.77. The van der Waals surface area contributed by atoms with Crippen LogP contribution < -0.4 is 5.32 Å². The molecule has 1 rings (SSSR count). The molecular formula is C10H18N2O3. The van der Waals surface area contributed by atoms with E-state index in [9.17, 15) is 9.59 Å². The summed E-state index contributed by atoms with van der Waals surface area (Å²) < 4.78 is 0. The number of rotatable bonds is 5. The van der Waals surface area contributed by atoms with Gasteiger partial charge >= 0.3 is 5.97 Å². The van der Waals surface area contributed by atoms with Crippen LogP contribution in [-0.4, -0.2) is 48.1 Å². The predicted molar refractivity (Wildman–Crippen MR) is 55.5 cm³/mol. The maximum absolute atomic E-state index is 11.2. The normalized spacial score (nSPS) is 21.5. The molecule has 1 amide bonds. The van der Waals surface area contributed by atoms with E-state index in [1.807, 2.05) is 7.05 Å². The molecular weight excluding hydrogens is 196 g/mol. The average Bonchev–Trinajstić information content (AvgIpc) is 2.58. The highest BCUT2D eigenvalue weighted by atomic mass is 16.4. The van der Waals surface area contributed by atoms with E-state index >= 15 is 0 Å². The molecule has 1 atom stereocenters. The standard InChI is InChI=1S/C10H18N2O3/c1-12-6-2-3-8(12)7-11-9(13)4-5-10(14)15/h8H,2-7H2,1H3,(H,11,13)(H,14,15). The molecule has 0 aromatic rings. The van der Waals surface area contributed by atoms with Crippen LogP contribution >= 0.6 is 0 Å². The molecule has 1 aliphatic heterocycles. The molecule has 2 N–H and O–H groups in total. The molecule has 0 saturated carbocycles. The lowest BCUT2D eigenvalue weighted by Crippen LogP contribution is -2.38. The minimum Gasteiger partial charge on any atom is -0.481 e. The van der Waals surface area contributed by atoms with Crippen molar-refractivity contribution in [3.05, 3.63) is 0 Å². The predicted octanol–water partition coefficient (Wildman–Crippen LogP) is 0.0616. The number of aliphatic carboxylic acids is 1. The van der Waals surface area contributed by atoms with Crippen LogP contribution in [-0.2, 0) is 9.59 Å². The fourth-order valence-electron chi connectivity index (χ4n) is 1.78. The molecule has 1 fully saturated rings. The van der Waals surface area contributed by atoms with Crippen LogP contribution in [0.1, 0.15) is 25.7 Å². The quantitative estimate of drug-likeness (QED) is 0.679. The number of likely N-dealkylation sites (tertiary alicyclic amines) is 1. The molecule has 1 unspecified atom stereocenters. The number of carboxylic acids is 1. The highest BCUT2D eigenvalue weighted by Gasteiger charge is 2.20. The largest absolute Gasteiger partial charge is 0.481 e. The molecule has 0 spiro atoms. The summed E-state index contributed by atoms with van der Waals surface area (Å²) in [6.45, 7) is 1.71. The zero-order valence-corrected chi connectivity index (χ0v) is 9.03. The van der Waals surface area contributed by atoms with Gasteiger partial charge in [-0.25, -0.2) is 0 Å². The number of hydrogen-bond acceptors (Lipinski definition) is 3. The van der Waals surface area contributed by atoms with Crippen LogP contribution in [0.15, 0.2) is 0 Å². The lowest BCUT2D eigenvalue weighted by atomic mass is 10.2. The summed E-state index contributed by atoms with van der Waals surface area (Å²) in [5.74, 6) is -1.10. The smallest absolute Gasteiger partial charge is 0.303 e. The molecule has 0 radical (unpaired) electrons. The first-order chi connectivity index (χ1) is 7.09. The lowest BCUT2D eigenvalue weighted by molar-refractivity contribution is -0.138. The fourth-order valence-corrected chi connectivity index (χ4v) is 1.78. The van der Waals surface area contributed by atoms with E-state index in [1.165, 1.54) is 6.42 Å². The maximum Gasteiger partial charge on any atom is 0.303 e. The minimum atomic E-state index is -0.928. The topological polar surface area (TPSA) is 69.6 Å². The van der Waals surface area contributed by atoms with E-state index in [4.69, 9.17) is 5.11 Å². The minimum absolute atomic E-state index is 0.0752. The van der Waals surface area contributed by atoms with Gasteiger partial charge in [0.1, 0.15) is 0 Å². The summed E-state index contributed by atoms with van der Waals surface area (Å²) in [6.07, 6.45) is 2.26. The number of nitrogens with one attached hydrogen (secondary N) is 1. The van der Waals surface area contributed by atoms with Gasteiger partial charge in [0.2, 0.25) is 5.91 Å². The second kappa shape index (κ2) is 5.70. The van der Waals surface area contributed by atoms with Crippen molar-refractivity contribution < 1.29 is 14.7 Å². The number of carboxylic acid groups (broad SMARTS) is 1. The van der Waals surface area contributed by atoms with Crippen LogP contribution in [0, 0.1) is 0 Å². The molecule has 15 heavy (non-hydrogen) atoms. The van der Waals surface area contributed by atoms with Crippen LogP contribution in [0.4, 0.5) is 0 Å². The van der Waals surface area contributed by atoms with E-state index in [2.05, 4.69) is 10.2 Å². The van der Waals surface area contributed by atoms with Gasteiger partial charge in [-0.15, -0.1) is 0 Å². The molecule has 0 aromatic carbocycles. The van der Waals surface area contributed by atoms with Crippen LogP contribution in [0.25, 0.3) is 0 Å². The van der Waals surface area contributed by atoms with E-state index in [1.54, 1.807) is 0 Å². The van der Waals surface area contributed by atoms with Gasteiger partial charge in [0.15, 0.2) is 0 Å². The fraction of sp³-hybridized carbons (Fsp3) is 0.800. The zero-order valence-electron chi connectivity index (χ0n) is 9.03. The Balaban J connectivity index is 2.13. The second-order valence-electron chi connectivity index (χ2n) is 3.97. The number of nitrogens with zero attached hydrogens (tertiary/aromatic N) is 1. The van der Waals surface area contributed by atoms with Crippen molar-refractivity contribution in [3.63, 3.8) is 0 Å². The zero-order chi connectivity index (χ0) is 11.3. The van der Waals surface area contributed by atoms with Gasteiger partial charge in [0, 0.05) is 19.0 Å². The van der Waals surface area contributed by atoms with Gasteiger partial charge in [-0.3, -0.25) is 9.59 Å². The van der Waals surface area contributed by atoms with Crippen molar-refractivity contribution in [1.29, 1.82) is 0 Å². The Morgan fingerprint density at radius 3 is 2.73 bits per heavy atom. The van der Waals surface area contributed by atoms with E-state index < -0.39 is 5.97 Å². The Kier molecular flexibility index (Phi) is 4.55. The summed E-state index contributed by atoms with van der Waals surface area (Å²) in [6, 6.07) is 0.416. The van der Waals surface area contributed by atoms with E-state index in [0.29, 0.717) is 12.6 Å². The summed E-state index contributed by atoms with van der Waals surface area (Å²) in [5, 5.41) is 11.2. The van der Waals surface area contributed by atoms with Crippen molar-refractivity contribution in [2.45, 2.75) is 31.7 Å². The lowest BCUT2D eigenvalue weighted by Gasteiger charge is -2.19. The van der Waals surface area contributed by atoms with Crippen molar-refractivity contribution in [1.82, 2.24) is 10.2 Å². The molecule has 0 aliphatic carbocycles. The summed E-state index contributed by atoms with van der Waals surface area (Å²) in [5.41, 5.74) is 0. The number of carbonyl (C=O) groups excluding carboxylic acids is 1. The second-order valence-corrected chi connectivity index (χ2v) is 3.97. The highest BCUT2D eigenvalue weighted by Crippen LogP contribution is 2.13. The molecule has 5 heteroatoms. The van der Waals surface area contributed by atoms with Crippen LogP contribution in [0.2, 0.25) is 0 Å². The summed E-state index contributed by atoms with van der Waals surface area (Å²) in [4.78, 5) is 23.7. The monoisotopic (exact) mass is 214 g/mol.